The Kier molecular flexibility index (Phi) is 6.42. The van der Waals surface area contributed by atoms with Crippen LogP contribution in [0.1, 0.15) is 16.8 Å². The number of methoxy groups -OCH3 is 1. The van der Waals surface area contributed by atoms with Crippen molar-refractivity contribution in [2.75, 3.05) is 7.11 Å². The zero-order valence-corrected chi connectivity index (χ0v) is 16.8. The highest BCUT2D eigenvalue weighted by Gasteiger charge is 2.38. The van der Waals surface area contributed by atoms with Crippen LogP contribution in [0, 0.1) is 0 Å². The van der Waals surface area contributed by atoms with Crippen molar-refractivity contribution in [3.05, 3.63) is 62.5 Å². The predicted octanol–water partition coefficient (Wildman–Crippen LogP) is 4.65. The average molecular weight is 461 g/mol. The lowest BCUT2D eigenvalue weighted by Gasteiger charge is -2.17. The Morgan fingerprint density at radius 2 is 1.88 bits per heavy atom. The Hall–Kier alpha value is -1.31. The third-order valence-electron chi connectivity index (χ3n) is 3.86. The molecule has 5 nitrogen and oxygen atoms in total. The molecule has 1 N–H and O–H groups in total. The zero-order valence-electron chi connectivity index (χ0n) is 13.7. The molecule has 0 radical (unpaired) electrons. The lowest BCUT2D eigenvalue weighted by molar-refractivity contribution is -0.168. The summed E-state index contributed by atoms with van der Waals surface area (Å²) in [5, 5.41) is 3.63. The van der Waals surface area contributed by atoms with E-state index < -0.39 is 12.6 Å². The van der Waals surface area contributed by atoms with Crippen molar-refractivity contribution in [3.63, 3.8) is 0 Å². The van der Waals surface area contributed by atoms with Gasteiger partial charge < -0.3 is 19.5 Å². The molecule has 2 aromatic rings. The Balaban J connectivity index is 1.68. The van der Waals surface area contributed by atoms with E-state index in [2.05, 4.69) is 21.2 Å². The maximum absolute atomic E-state index is 12.4. The smallest absolute Gasteiger partial charge is 0.251 e. The second-order valence-electron chi connectivity index (χ2n) is 5.67. The molecule has 3 atom stereocenters. The third kappa shape index (κ3) is 4.50. The SMILES string of the molecule is CO[C@H]1O[C@H](Oc2c(Cl)cc(Br)cc2Cl)C[C@@H]1NC(=O)c1ccccc1. The van der Waals surface area contributed by atoms with E-state index in [1.807, 2.05) is 6.07 Å². The highest BCUT2D eigenvalue weighted by Crippen LogP contribution is 2.38. The van der Waals surface area contributed by atoms with Gasteiger partial charge in [-0.15, -0.1) is 0 Å². The van der Waals surface area contributed by atoms with Crippen molar-refractivity contribution in [2.45, 2.75) is 25.0 Å². The molecule has 26 heavy (non-hydrogen) atoms. The molecule has 0 bridgehead atoms. The van der Waals surface area contributed by atoms with Crippen LogP contribution in [0.4, 0.5) is 0 Å². The van der Waals surface area contributed by atoms with Crippen molar-refractivity contribution in [2.24, 2.45) is 0 Å². The largest absolute Gasteiger partial charge is 0.462 e. The molecule has 0 unspecified atom stereocenters. The van der Waals surface area contributed by atoms with Crippen molar-refractivity contribution >= 4 is 45.0 Å². The summed E-state index contributed by atoms with van der Waals surface area (Å²) in [5.74, 6) is 0.119. The average Bonchev–Trinajstić information content (AvgIpc) is 3.00. The second kappa shape index (κ2) is 8.59. The van der Waals surface area contributed by atoms with Crippen LogP contribution >= 0.6 is 39.1 Å². The molecule has 2 aromatic carbocycles. The molecule has 1 amide bonds. The highest BCUT2D eigenvalue weighted by molar-refractivity contribution is 9.10. The van der Waals surface area contributed by atoms with E-state index in [1.54, 1.807) is 36.4 Å². The van der Waals surface area contributed by atoms with Crippen LogP contribution in [0.5, 0.6) is 5.75 Å². The van der Waals surface area contributed by atoms with Crippen molar-refractivity contribution in [1.82, 2.24) is 5.32 Å². The molecule has 138 valence electrons. The van der Waals surface area contributed by atoms with Gasteiger partial charge in [0.05, 0.1) is 16.1 Å². The molecule has 0 aromatic heterocycles. The zero-order chi connectivity index (χ0) is 18.7. The number of rotatable bonds is 5. The summed E-state index contributed by atoms with van der Waals surface area (Å²) in [5.41, 5.74) is 0.561. The number of hydrogen-bond acceptors (Lipinski definition) is 4. The number of carbonyl (C=O) groups is 1. The van der Waals surface area contributed by atoms with Crippen molar-refractivity contribution in [1.29, 1.82) is 0 Å². The molecule has 1 heterocycles. The number of nitrogens with one attached hydrogen (secondary N) is 1. The van der Waals surface area contributed by atoms with Gasteiger partial charge in [-0.25, -0.2) is 0 Å². The minimum absolute atomic E-state index is 0.207. The van der Waals surface area contributed by atoms with Gasteiger partial charge in [0, 0.05) is 23.6 Å². The molecular formula is C18H16BrCl2NO4. The number of ether oxygens (including phenoxy) is 3. The predicted molar refractivity (Wildman–Crippen MR) is 103 cm³/mol. The fourth-order valence-corrected chi connectivity index (χ4v) is 3.95. The minimum atomic E-state index is -0.655. The molecule has 0 spiro atoms. The molecule has 1 aliphatic rings. The summed E-state index contributed by atoms with van der Waals surface area (Å²) in [6, 6.07) is 11.9. The number of halogens is 3. The summed E-state index contributed by atoms with van der Waals surface area (Å²) < 4.78 is 17.6. The summed E-state index contributed by atoms with van der Waals surface area (Å²) in [7, 11) is 1.51. The number of benzene rings is 2. The maximum Gasteiger partial charge on any atom is 0.251 e. The van der Waals surface area contributed by atoms with Crippen LogP contribution in [0.3, 0.4) is 0 Å². The van der Waals surface area contributed by atoms with Gasteiger partial charge in [-0.3, -0.25) is 4.79 Å². The van der Waals surface area contributed by atoms with E-state index in [9.17, 15) is 4.79 Å². The molecular weight excluding hydrogens is 445 g/mol. The first kappa shape index (κ1) is 19.5. The normalized spacial score (nSPS) is 22.2. The van der Waals surface area contributed by atoms with Crippen LogP contribution in [0.25, 0.3) is 0 Å². The Bertz CT molecular complexity index is 767. The van der Waals surface area contributed by atoms with Crippen molar-refractivity contribution in [3.8, 4) is 5.75 Å². The lowest BCUT2D eigenvalue weighted by Crippen LogP contribution is -2.41. The first-order valence-electron chi connectivity index (χ1n) is 7.83. The third-order valence-corrected chi connectivity index (χ3v) is 4.88. The van der Waals surface area contributed by atoms with E-state index in [0.717, 1.165) is 4.47 Å². The van der Waals surface area contributed by atoms with Gasteiger partial charge in [-0.2, -0.15) is 0 Å². The molecule has 3 rings (SSSR count). The van der Waals surface area contributed by atoms with E-state index in [4.69, 9.17) is 37.4 Å². The van der Waals surface area contributed by atoms with Crippen LogP contribution in [0.15, 0.2) is 46.9 Å². The second-order valence-corrected chi connectivity index (χ2v) is 7.40. The quantitative estimate of drug-likeness (QED) is 0.705. The number of amides is 1. The molecule has 0 aliphatic carbocycles. The van der Waals surface area contributed by atoms with Gasteiger partial charge >= 0.3 is 0 Å². The van der Waals surface area contributed by atoms with Gasteiger partial charge in [0.1, 0.15) is 0 Å². The van der Waals surface area contributed by atoms with E-state index in [0.29, 0.717) is 27.8 Å². The molecule has 1 fully saturated rings. The van der Waals surface area contributed by atoms with Gasteiger partial charge in [-0.1, -0.05) is 57.3 Å². The van der Waals surface area contributed by atoms with Crippen molar-refractivity contribution < 1.29 is 19.0 Å². The van der Waals surface area contributed by atoms with Crippen LogP contribution in [-0.4, -0.2) is 31.6 Å². The first-order valence-corrected chi connectivity index (χ1v) is 9.38. The lowest BCUT2D eigenvalue weighted by atomic mass is 10.1. The van der Waals surface area contributed by atoms with Crippen LogP contribution in [-0.2, 0) is 9.47 Å². The monoisotopic (exact) mass is 459 g/mol. The number of carbonyl (C=O) groups excluding carboxylic acids is 1. The van der Waals surface area contributed by atoms with Crippen LogP contribution in [0.2, 0.25) is 10.0 Å². The Morgan fingerprint density at radius 3 is 2.50 bits per heavy atom. The topological polar surface area (TPSA) is 56.8 Å². The fraction of sp³-hybridized carbons (Fsp3) is 0.278. The molecule has 8 heteroatoms. The fourth-order valence-electron chi connectivity index (χ4n) is 2.66. The van der Waals surface area contributed by atoms with Crippen LogP contribution < -0.4 is 10.1 Å². The van der Waals surface area contributed by atoms with E-state index in [1.165, 1.54) is 7.11 Å². The molecule has 1 aliphatic heterocycles. The summed E-state index contributed by atoms with van der Waals surface area (Å²) >= 11 is 15.7. The molecule has 0 saturated carbocycles. The minimum Gasteiger partial charge on any atom is -0.462 e. The summed E-state index contributed by atoms with van der Waals surface area (Å²) in [6.07, 6.45) is -0.905. The number of hydrogen-bond donors (Lipinski definition) is 1. The Labute approximate surface area is 169 Å². The molecule has 1 saturated heterocycles. The summed E-state index contributed by atoms with van der Waals surface area (Å²) in [6.45, 7) is 0. The van der Waals surface area contributed by atoms with E-state index >= 15 is 0 Å². The standard InChI is InChI=1S/C18H16BrCl2NO4/c1-24-18-14(22-17(23)10-5-3-2-4-6-10)9-15(26-18)25-16-12(20)7-11(19)8-13(16)21/h2-8,14-15,18H,9H2,1H3,(H,22,23)/t14-,15-,18-/m0/s1. The Morgan fingerprint density at radius 1 is 1.23 bits per heavy atom. The first-order chi connectivity index (χ1) is 12.5. The highest BCUT2D eigenvalue weighted by atomic mass is 79.9. The van der Waals surface area contributed by atoms with Gasteiger partial charge in [0.25, 0.3) is 5.91 Å². The maximum atomic E-state index is 12.4. The van der Waals surface area contributed by atoms with Gasteiger partial charge in [0.2, 0.25) is 6.29 Å². The van der Waals surface area contributed by atoms with E-state index in [-0.39, 0.29) is 11.9 Å². The van der Waals surface area contributed by atoms with Gasteiger partial charge in [0.15, 0.2) is 12.0 Å². The summed E-state index contributed by atoms with van der Waals surface area (Å²) in [4.78, 5) is 12.4. The van der Waals surface area contributed by atoms with Gasteiger partial charge in [-0.05, 0) is 24.3 Å².